The number of hydrogen-bond acceptors (Lipinski definition) is 6. The standard InChI is InChI=1S/C18H14N4O2S/c19-11-14-6-8-15(9-7-14)20-16(23)12-25-18-22-21-17(24-18)10-13-4-2-1-3-5-13/h1-9H,10,12H2,(H,20,23). The molecule has 3 rings (SSSR count). The number of nitrogens with zero attached hydrogens (tertiary/aromatic N) is 3. The minimum absolute atomic E-state index is 0.160. The molecule has 0 radical (unpaired) electrons. The Labute approximate surface area is 148 Å². The summed E-state index contributed by atoms with van der Waals surface area (Å²) in [5, 5.41) is 19.8. The van der Waals surface area contributed by atoms with Gasteiger partial charge < -0.3 is 9.73 Å². The Balaban J connectivity index is 1.49. The molecule has 0 fully saturated rings. The maximum Gasteiger partial charge on any atom is 0.277 e. The van der Waals surface area contributed by atoms with Gasteiger partial charge in [0.25, 0.3) is 5.22 Å². The van der Waals surface area contributed by atoms with Crippen molar-refractivity contribution in [3.63, 3.8) is 0 Å². The largest absolute Gasteiger partial charge is 0.416 e. The Bertz CT molecular complexity index is 885. The van der Waals surface area contributed by atoms with Crippen LogP contribution in [0.25, 0.3) is 0 Å². The first-order chi connectivity index (χ1) is 12.2. The third-order valence-corrected chi connectivity index (χ3v) is 4.09. The van der Waals surface area contributed by atoms with Crippen molar-refractivity contribution < 1.29 is 9.21 Å². The molecule has 0 aliphatic carbocycles. The van der Waals surface area contributed by atoms with Crippen LogP contribution in [0.5, 0.6) is 0 Å². The highest BCUT2D eigenvalue weighted by atomic mass is 32.2. The second kappa shape index (κ2) is 8.13. The van der Waals surface area contributed by atoms with Crippen molar-refractivity contribution >= 4 is 23.4 Å². The molecule has 1 amide bonds. The van der Waals surface area contributed by atoms with Gasteiger partial charge in [0.05, 0.1) is 23.8 Å². The lowest BCUT2D eigenvalue weighted by atomic mass is 10.2. The average molecular weight is 350 g/mol. The molecule has 1 aromatic heterocycles. The molecule has 3 aromatic rings. The van der Waals surface area contributed by atoms with E-state index < -0.39 is 0 Å². The lowest BCUT2D eigenvalue weighted by Gasteiger charge is -2.03. The molecule has 0 aliphatic heterocycles. The normalized spacial score (nSPS) is 10.2. The molecule has 1 heterocycles. The smallest absolute Gasteiger partial charge is 0.277 e. The SMILES string of the molecule is N#Cc1ccc(NC(=O)CSc2nnc(Cc3ccccc3)o2)cc1. The van der Waals surface area contributed by atoms with Gasteiger partial charge in [0.2, 0.25) is 11.8 Å². The lowest BCUT2D eigenvalue weighted by molar-refractivity contribution is -0.113. The first-order valence-electron chi connectivity index (χ1n) is 7.52. The van der Waals surface area contributed by atoms with Crippen LogP contribution in [0.4, 0.5) is 5.69 Å². The summed E-state index contributed by atoms with van der Waals surface area (Å²) in [7, 11) is 0. The van der Waals surface area contributed by atoms with Gasteiger partial charge >= 0.3 is 0 Å². The van der Waals surface area contributed by atoms with E-state index in [4.69, 9.17) is 9.68 Å². The first-order valence-corrected chi connectivity index (χ1v) is 8.50. The maximum absolute atomic E-state index is 12.0. The zero-order chi connectivity index (χ0) is 17.5. The molecule has 0 saturated heterocycles. The van der Waals surface area contributed by atoms with Crippen molar-refractivity contribution in [2.75, 3.05) is 11.1 Å². The predicted octanol–water partition coefficient (Wildman–Crippen LogP) is 3.26. The zero-order valence-corrected chi connectivity index (χ0v) is 14.0. The fourth-order valence-electron chi connectivity index (χ4n) is 2.09. The fourth-order valence-corrected chi connectivity index (χ4v) is 2.67. The third-order valence-electron chi connectivity index (χ3n) is 3.27. The molecular formula is C18H14N4O2S. The summed E-state index contributed by atoms with van der Waals surface area (Å²) < 4.78 is 5.54. The highest BCUT2D eigenvalue weighted by Gasteiger charge is 2.10. The number of amides is 1. The highest BCUT2D eigenvalue weighted by molar-refractivity contribution is 7.99. The molecule has 7 heteroatoms. The number of nitrogens with one attached hydrogen (secondary N) is 1. The van der Waals surface area contributed by atoms with Crippen molar-refractivity contribution in [3.8, 4) is 6.07 Å². The van der Waals surface area contributed by atoms with E-state index >= 15 is 0 Å². The van der Waals surface area contributed by atoms with Crippen molar-refractivity contribution in [3.05, 3.63) is 71.6 Å². The summed E-state index contributed by atoms with van der Waals surface area (Å²) in [6, 6.07) is 18.5. The van der Waals surface area contributed by atoms with E-state index in [1.807, 2.05) is 36.4 Å². The van der Waals surface area contributed by atoms with E-state index in [1.54, 1.807) is 24.3 Å². The minimum Gasteiger partial charge on any atom is -0.416 e. The fraction of sp³-hybridized carbons (Fsp3) is 0.111. The van der Waals surface area contributed by atoms with Crippen molar-refractivity contribution in [2.24, 2.45) is 0 Å². The van der Waals surface area contributed by atoms with Crippen LogP contribution in [0.3, 0.4) is 0 Å². The third kappa shape index (κ3) is 4.93. The van der Waals surface area contributed by atoms with Gasteiger partial charge in [0, 0.05) is 5.69 Å². The maximum atomic E-state index is 12.0. The summed E-state index contributed by atoms with van der Waals surface area (Å²) in [4.78, 5) is 12.0. The number of carbonyl (C=O) groups excluding carboxylic acids is 1. The van der Waals surface area contributed by atoms with Crippen LogP contribution in [-0.2, 0) is 11.2 Å². The molecule has 0 spiro atoms. The molecule has 1 N–H and O–H groups in total. The number of aromatic nitrogens is 2. The number of anilines is 1. The topological polar surface area (TPSA) is 91.8 Å². The van der Waals surface area contributed by atoms with Gasteiger partial charge in [-0.1, -0.05) is 42.1 Å². The zero-order valence-electron chi connectivity index (χ0n) is 13.2. The average Bonchev–Trinajstić information content (AvgIpc) is 3.09. The Kier molecular flexibility index (Phi) is 5.44. The van der Waals surface area contributed by atoms with Crippen LogP contribution in [0.15, 0.2) is 64.2 Å². The van der Waals surface area contributed by atoms with Crippen LogP contribution in [0, 0.1) is 11.3 Å². The lowest BCUT2D eigenvalue weighted by Crippen LogP contribution is -2.13. The quantitative estimate of drug-likeness (QED) is 0.686. The second-order valence-electron chi connectivity index (χ2n) is 5.15. The highest BCUT2D eigenvalue weighted by Crippen LogP contribution is 2.18. The molecule has 0 aliphatic rings. The van der Waals surface area contributed by atoms with Gasteiger partial charge in [-0.25, -0.2) is 0 Å². The van der Waals surface area contributed by atoms with Crippen LogP contribution in [0.1, 0.15) is 17.0 Å². The van der Waals surface area contributed by atoms with Gasteiger partial charge in [-0.3, -0.25) is 4.79 Å². The first kappa shape index (κ1) is 16.7. The van der Waals surface area contributed by atoms with E-state index in [2.05, 4.69) is 15.5 Å². The van der Waals surface area contributed by atoms with E-state index in [1.165, 1.54) is 11.8 Å². The van der Waals surface area contributed by atoms with Crippen LogP contribution >= 0.6 is 11.8 Å². The van der Waals surface area contributed by atoms with Crippen molar-refractivity contribution in [1.29, 1.82) is 5.26 Å². The van der Waals surface area contributed by atoms with Crippen LogP contribution in [0.2, 0.25) is 0 Å². The Morgan fingerprint density at radius 2 is 1.88 bits per heavy atom. The minimum atomic E-state index is -0.183. The van der Waals surface area contributed by atoms with Gasteiger partial charge in [-0.05, 0) is 29.8 Å². The number of benzene rings is 2. The van der Waals surface area contributed by atoms with Gasteiger partial charge in [-0.15, -0.1) is 10.2 Å². The summed E-state index contributed by atoms with van der Waals surface area (Å²) in [5.74, 6) is 0.492. The Hall–Kier alpha value is -3.11. The van der Waals surface area contributed by atoms with Gasteiger partial charge in [0.1, 0.15) is 0 Å². The molecule has 124 valence electrons. The van der Waals surface area contributed by atoms with Crippen LogP contribution < -0.4 is 5.32 Å². The number of carbonyl (C=O) groups is 1. The summed E-state index contributed by atoms with van der Waals surface area (Å²) in [6.07, 6.45) is 0.561. The monoisotopic (exact) mass is 350 g/mol. The molecule has 25 heavy (non-hydrogen) atoms. The number of hydrogen-bond donors (Lipinski definition) is 1. The molecule has 0 atom stereocenters. The molecule has 6 nitrogen and oxygen atoms in total. The number of thioether (sulfide) groups is 1. The summed E-state index contributed by atoms with van der Waals surface area (Å²) in [5.41, 5.74) is 2.27. The Morgan fingerprint density at radius 3 is 2.60 bits per heavy atom. The van der Waals surface area contributed by atoms with Gasteiger partial charge in [-0.2, -0.15) is 5.26 Å². The number of nitriles is 1. The molecule has 0 unspecified atom stereocenters. The number of rotatable bonds is 6. The Morgan fingerprint density at radius 1 is 1.12 bits per heavy atom. The van der Waals surface area contributed by atoms with E-state index in [0.29, 0.717) is 28.8 Å². The van der Waals surface area contributed by atoms with E-state index in [-0.39, 0.29) is 11.7 Å². The van der Waals surface area contributed by atoms with Crippen molar-refractivity contribution in [2.45, 2.75) is 11.6 Å². The molecule has 0 saturated carbocycles. The molecule has 2 aromatic carbocycles. The van der Waals surface area contributed by atoms with Crippen LogP contribution in [-0.4, -0.2) is 21.9 Å². The summed E-state index contributed by atoms with van der Waals surface area (Å²) >= 11 is 1.18. The van der Waals surface area contributed by atoms with E-state index in [0.717, 1.165) is 5.56 Å². The van der Waals surface area contributed by atoms with E-state index in [9.17, 15) is 4.79 Å². The molecule has 0 bridgehead atoms. The summed E-state index contributed by atoms with van der Waals surface area (Å²) in [6.45, 7) is 0. The predicted molar refractivity (Wildman–Crippen MR) is 94.1 cm³/mol. The molecular weight excluding hydrogens is 336 g/mol. The van der Waals surface area contributed by atoms with Gasteiger partial charge in [0.15, 0.2) is 0 Å². The van der Waals surface area contributed by atoms with Crippen molar-refractivity contribution in [1.82, 2.24) is 10.2 Å². The second-order valence-corrected chi connectivity index (χ2v) is 6.08.